The summed E-state index contributed by atoms with van der Waals surface area (Å²) in [7, 11) is 0. The molecule has 0 N–H and O–H groups in total. The minimum absolute atomic E-state index is 0.481. The number of hydrogen-bond donors (Lipinski definition) is 0. The van der Waals surface area contributed by atoms with E-state index in [2.05, 4.69) is 35.3 Å². The molecule has 27 heavy (non-hydrogen) atoms. The Kier molecular flexibility index (Phi) is 5.17. The second kappa shape index (κ2) is 8.07. The molecule has 0 radical (unpaired) electrons. The molecule has 2 nitrogen and oxygen atoms in total. The Bertz CT molecular complexity index is 1080. The third kappa shape index (κ3) is 4.18. The molecule has 0 fully saturated rings. The fourth-order valence-corrected chi connectivity index (χ4v) is 3.16. The first kappa shape index (κ1) is 17.3. The van der Waals surface area contributed by atoms with Crippen LogP contribution in [-0.4, -0.2) is 6.21 Å². The zero-order valence-corrected chi connectivity index (χ0v) is 15.4. The smallest absolute Gasteiger partial charge is 0.128 e. The number of ether oxygens (including phenoxy) is 1. The molecular formula is C24H18ClNO. The van der Waals surface area contributed by atoms with E-state index in [1.165, 1.54) is 10.8 Å². The molecule has 0 bridgehead atoms. The molecule has 0 unspecified atom stereocenters. The highest BCUT2D eigenvalue weighted by molar-refractivity contribution is 6.30. The van der Waals surface area contributed by atoms with Gasteiger partial charge in [0.2, 0.25) is 0 Å². The average Bonchev–Trinajstić information content (AvgIpc) is 2.72. The molecule has 4 aromatic rings. The van der Waals surface area contributed by atoms with Crippen LogP contribution in [0.1, 0.15) is 11.1 Å². The number of fused-ring (bicyclic) bond motifs is 1. The first-order chi connectivity index (χ1) is 13.3. The molecule has 0 saturated heterocycles. The molecule has 3 heteroatoms. The zero-order valence-electron chi connectivity index (χ0n) is 14.7. The second-order valence-electron chi connectivity index (χ2n) is 6.20. The van der Waals surface area contributed by atoms with E-state index in [-0.39, 0.29) is 0 Å². The van der Waals surface area contributed by atoms with Crippen LogP contribution in [0.25, 0.3) is 10.8 Å². The lowest BCUT2D eigenvalue weighted by Gasteiger charge is -2.11. The van der Waals surface area contributed by atoms with Gasteiger partial charge in [0.25, 0.3) is 0 Å². The maximum Gasteiger partial charge on any atom is 0.128 e. The van der Waals surface area contributed by atoms with Gasteiger partial charge in [-0.15, -0.1) is 0 Å². The lowest BCUT2D eigenvalue weighted by Crippen LogP contribution is -1.99. The lowest BCUT2D eigenvalue weighted by atomic mass is 10.1. The van der Waals surface area contributed by atoms with Crippen molar-refractivity contribution >= 4 is 34.3 Å². The van der Waals surface area contributed by atoms with Crippen LogP contribution in [-0.2, 0) is 6.61 Å². The Morgan fingerprint density at radius 2 is 1.59 bits per heavy atom. The van der Waals surface area contributed by atoms with Gasteiger partial charge in [0.05, 0.1) is 5.69 Å². The van der Waals surface area contributed by atoms with Gasteiger partial charge in [0.15, 0.2) is 0 Å². The van der Waals surface area contributed by atoms with E-state index in [4.69, 9.17) is 16.3 Å². The van der Waals surface area contributed by atoms with Crippen LogP contribution < -0.4 is 4.74 Å². The molecule has 4 aromatic carbocycles. The zero-order chi connectivity index (χ0) is 18.5. The van der Waals surface area contributed by atoms with E-state index in [1.54, 1.807) is 6.21 Å². The molecule has 0 aliphatic rings. The number of nitrogens with zero attached hydrogens (tertiary/aromatic N) is 1. The summed E-state index contributed by atoms with van der Waals surface area (Å²) in [5.74, 6) is 0.756. The summed E-state index contributed by atoms with van der Waals surface area (Å²) in [6.45, 7) is 0.481. The van der Waals surface area contributed by atoms with Gasteiger partial charge in [-0.2, -0.15) is 0 Å². The van der Waals surface area contributed by atoms with Crippen molar-refractivity contribution in [2.75, 3.05) is 0 Å². The normalized spacial score (nSPS) is 11.1. The van der Waals surface area contributed by atoms with Crippen molar-refractivity contribution in [3.63, 3.8) is 0 Å². The second-order valence-corrected chi connectivity index (χ2v) is 6.64. The third-order valence-corrected chi connectivity index (χ3v) is 4.58. The van der Waals surface area contributed by atoms with E-state index in [9.17, 15) is 0 Å². The predicted molar refractivity (Wildman–Crippen MR) is 113 cm³/mol. The van der Waals surface area contributed by atoms with Crippen LogP contribution in [0.5, 0.6) is 5.75 Å². The Balaban J connectivity index is 1.59. The fourth-order valence-electron chi connectivity index (χ4n) is 2.98. The summed E-state index contributed by atoms with van der Waals surface area (Å²) in [5, 5.41) is 3.07. The van der Waals surface area contributed by atoms with Crippen molar-refractivity contribution in [3.05, 3.63) is 107 Å². The fraction of sp³-hybridized carbons (Fsp3) is 0.0417. The van der Waals surface area contributed by atoms with Crippen molar-refractivity contribution in [1.29, 1.82) is 0 Å². The van der Waals surface area contributed by atoms with Gasteiger partial charge in [0.1, 0.15) is 12.4 Å². The third-order valence-electron chi connectivity index (χ3n) is 4.34. The van der Waals surface area contributed by atoms with Crippen molar-refractivity contribution in [1.82, 2.24) is 0 Å². The van der Waals surface area contributed by atoms with Crippen LogP contribution in [0, 0.1) is 0 Å². The molecule has 132 valence electrons. The Labute approximate surface area is 163 Å². The molecule has 0 saturated carbocycles. The Morgan fingerprint density at radius 1 is 0.815 bits per heavy atom. The summed E-state index contributed by atoms with van der Waals surface area (Å²) in [5.41, 5.74) is 2.89. The van der Waals surface area contributed by atoms with Gasteiger partial charge >= 0.3 is 0 Å². The van der Waals surface area contributed by atoms with Crippen LogP contribution in [0.15, 0.2) is 96.0 Å². The summed E-state index contributed by atoms with van der Waals surface area (Å²) in [6.07, 6.45) is 1.79. The number of halogens is 1. The highest BCUT2D eigenvalue weighted by Crippen LogP contribution is 2.25. The van der Waals surface area contributed by atoms with E-state index in [0.717, 1.165) is 22.6 Å². The Morgan fingerprint density at radius 3 is 2.48 bits per heavy atom. The Hall–Kier alpha value is -3.10. The van der Waals surface area contributed by atoms with Gasteiger partial charge in [0, 0.05) is 16.8 Å². The van der Waals surface area contributed by atoms with Gasteiger partial charge in [-0.1, -0.05) is 72.3 Å². The van der Waals surface area contributed by atoms with Crippen molar-refractivity contribution < 1.29 is 4.74 Å². The summed E-state index contributed by atoms with van der Waals surface area (Å²) in [6, 6.07) is 30.0. The SMILES string of the molecule is Clc1ccc(OCc2cccc3ccccc23)c(C=Nc2ccccc2)c1. The first-order valence-electron chi connectivity index (χ1n) is 8.78. The van der Waals surface area contributed by atoms with Crippen molar-refractivity contribution in [2.45, 2.75) is 6.61 Å². The molecule has 4 rings (SSSR count). The molecular weight excluding hydrogens is 354 g/mol. The van der Waals surface area contributed by atoms with Crippen LogP contribution >= 0.6 is 11.6 Å². The van der Waals surface area contributed by atoms with Crippen molar-refractivity contribution in [2.24, 2.45) is 4.99 Å². The number of aliphatic imine (C=N–C) groups is 1. The minimum atomic E-state index is 0.481. The quantitative estimate of drug-likeness (QED) is 0.352. The van der Waals surface area contributed by atoms with Crippen LogP contribution in [0.4, 0.5) is 5.69 Å². The van der Waals surface area contributed by atoms with Crippen LogP contribution in [0.2, 0.25) is 5.02 Å². The molecule has 0 aromatic heterocycles. The molecule has 0 aliphatic carbocycles. The van der Waals surface area contributed by atoms with Gasteiger partial charge < -0.3 is 4.74 Å². The molecule has 0 aliphatic heterocycles. The van der Waals surface area contributed by atoms with Gasteiger partial charge in [-0.05, 0) is 46.7 Å². The highest BCUT2D eigenvalue weighted by Gasteiger charge is 2.06. The standard InChI is InChI=1S/C24H18ClNO/c25-21-13-14-24(20(15-21)16-26-22-10-2-1-3-11-22)27-17-19-9-6-8-18-7-4-5-12-23(18)19/h1-16H,17H2. The number of hydrogen-bond acceptors (Lipinski definition) is 2. The monoisotopic (exact) mass is 371 g/mol. The van der Waals surface area contributed by atoms with Crippen molar-refractivity contribution in [3.8, 4) is 5.75 Å². The summed E-state index contributed by atoms with van der Waals surface area (Å²) >= 11 is 6.18. The van der Waals surface area contributed by atoms with Gasteiger partial charge in [-0.25, -0.2) is 0 Å². The number of benzene rings is 4. The molecule has 0 atom stereocenters. The molecule has 0 amide bonds. The van der Waals surface area contributed by atoms with E-state index < -0.39 is 0 Å². The summed E-state index contributed by atoms with van der Waals surface area (Å²) in [4.78, 5) is 4.52. The first-order valence-corrected chi connectivity index (χ1v) is 9.15. The predicted octanol–water partition coefficient (Wildman–Crippen LogP) is 6.82. The van der Waals surface area contributed by atoms with Gasteiger partial charge in [-0.3, -0.25) is 4.99 Å². The molecule has 0 heterocycles. The van der Waals surface area contributed by atoms with Crippen LogP contribution in [0.3, 0.4) is 0 Å². The summed E-state index contributed by atoms with van der Waals surface area (Å²) < 4.78 is 6.12. The highest BCUT2D eigenvalue weighted by atomic mass is 35.5. The largest absolute Gasteiger partial charge is 0.488 e. The maximum atomic E-state index is 6.18. The van der Waals surface area contributed by atoms with E-state index in [0.29, 0.717) is 11.6 Å². The van der Waals surface area contributed by atoms with E-state index >= 15 is 0 Å². The lowest BCUT2D eigenvalue weighted by molar-refractivity contribution is 0.307. The minimum Gasteiger partial charge on any atom is -0.488 e. The topological polar surface area (TPSA) is 21.6 Å². The average molecular weight is 372 g/mol. The number of para-hydroxylation sites is 1. The maximum absolute atomic E-state index is 6.18. The van der Waals surface area contributed by atoms with E-state index in [1.807, 2.05) is 60.7 Å². The molecule has 0 spiro atoms. The number of rotatable bonds is 5.